The van der Waals surface area contributed by atoms with Gasteiger partial charge in [-0.05, 0) is 43.0 Å². The Kier molecular flexibility index (Phi) is 6.73. The fourth-order valence-corrected chi connectivity index (χ4v) is 1.29. The minimum Gasteiger partial charge on any atom is -0.264 e. The van der Waals surface area contributed by atoms with Crippen molar-refractivity contribution in [2.45, 2.75) is 41.0 Å². The molecule has 0 radical (unpaired) electrons. The molecule has 0 unspecified atom stereocenters. The van der Waals surface area contributed by atoms with Gasteiger partial charge in [0.05, 0.1) is 0 Å². The van der Waals surface area contributed by atoms with Gasteiger partial charge in [-0.25, -0.2) is 0 Å². The molecule has 78 valence electrons. The molecule has 0 aliphatic carbocycles. The van der Waals surface area contributed by atoms with E-state index in [-0.39, 0.29) is 0 Å². The largest absolute Gasteiger partial charge is 0.264 e. The van der Waals surface area contributed by atoms with E-state index in [1.54, 1.807) is 0 Å². The number of rotatable bonds is 2. The van der Waals surface area contributed by atoms with E-state index in [0.29, 0.717) is 0 Å². The van der Waals surface area contributed by atoms with Crippen molar-refractivity contribution < 1.29 is 0 Å². The number of pyridine rings is 1. The molecule has 0 saturated carbocycles. The summed E-state index contributed by atoms with van der Waals surface area (Å²) in [5, 5.41) is 0. The molecule has 0 fully saturated rings. The van der Waals surface area contributed by atoms with E-state index in [1.807, 2.05) is 32.3 Å². The summed E-state index contributed by atoms with van der Waals surface area (Å²) in [7, 11) is 0. The van der Waals surface area contributed by atoms with E-state index in [4.69, 9.17) is 0 Å². The topological polar surface area (TPSA) is 12.9 Å². The lowest BCUT2D eigenvalue weighted by atomic mass is 10.0. The van der Waals surface area contributed by atoms with Gasteiger partial charge in [-0.3, -0.25) is 4.98 Å². The smallest absolute Gasteiger partial charge is 0.0345 e. The van der Waals surface area contributed by atoms with Gasteiger partial charge in [0.15, 0.2) is 0 Å². The summed E-state index contributed by atoms with van der Waals surface area (Å²) in [6.45, 7) is 10.4. The normalized spacial score (nSPS) is 10.5. The SMILES string of the molecule is CC.CC/C=C(/C)c1cnccc1C. The van der Waals surface area contributed by atoms with Gasteiger partial charge in [0, 0.05) is 12.4 Å². The highest BCUT2D eigenvalue weighted by molar-refractivity contribution is 5.65. The molecule has 0 spiro atoms. The molecule has 0 atom stereocenters. The molecule has 1 aromatic rings. The van der Waals surface area contributed by atoms with Crippen LogP contribution in [0.25, 0.3) is 5.57 Å². The van der Waals surface area contributed by atoms with Gasteiger partial charge in [-0.2, -0.15) is 0 Å². The van der Waals surface area contributed by atoms with Crippen LogP contribution in [0.3, 0.4) is 0 Å². The Balaban J connectivity index is 0.000000791. The molecular formula is C13H21N. The maximum Gasteiger partial charge on any atom is 0.0345 e. The minimum atomic E-state index is 1.08. The van der Waals surface area contributed by atoms with Crippen LogP contribution in [0.1, 0.15) is 45.2 Å². The minimum absolute atomic E-state index is 1.08. The van der Waals surface area contributed by atoms with Crippen molar-refractivity contribution in [3.8, 4) is 0 Å². The van der Waals surface area contributed by atoms with Crippen molar-refractivity contribution in [1.29, 1.82) is 0 Å². The number of aromatic nitrogens is 1. The maximum absolute atomic E-state index is 4.11. The molecule has 0 saturated heterocycles. The zero-order chi connectivity index (χ0) is 11.0. The van der Waals surface area contributed by atoms with Crippen LogP contribution >= 0.6 is 0 Å². The predicted octanol–water partition coefficient (Wildman–Crippen LogP) is 4.23. The van der Waals surface area contributed by atoms with Crippen LogP contribution in [-0.2, 0) is 0 Å². The van der Waals surface area contributed by atoms with Crippen molar-refractivity contribution >= 4 is 5.57 Å². The molecule has 1 rings (SSSR count). The number of aryl methyl sites for hydroxylation is 1. The molecule has 1 nitrogen and oxygen atoms in total. The van der Waals surface area contributed by atoms with Crippen molar-refractivity contribution in [2.24, 2.45) is 0 Å². The van der Waals surface area contributed by atoms with Crippen molar-refractivity contribution in [1.82, 2.24) is 4.98 Å². The highest BCUT2D eigenvalue weighted by Crippen LogP contribution is 2.16. The van der Waals surface area contributed by atoms with Crippen molar-refractivity contribution in [2.75, 3.05) is 0 Å². The van der Waals surface area contributed by atoms with Crippen LogP contribution in [0.2, 0.25) is 0 Å². The van der Waals surface area contributed by atoms with E-state index in [9.17, 15) is 0 Å². The first-order valence-corrected chi connectivity index (χ1v) is 5.33. The van der Waals surface area contributed by atoms with Crippen LogP contribution in [0.5, 0.6) is 0 Å². The zero-order valence-corrected chi connectivity index (χ0v) is 9.96. The highest BCUT2D eigenvalue weighted by Gasteiger charge is 1.97. The molecule has 1 heteroatoms. The number of hydrogen-bond donors (Lipinski definition) is 0. The van der Waals surface area contributed by atoms with Crippen molar-refractivity contribution in [3.63, 3.8) is 0 Å². The van der Waals surface area contributed by atoms with E-state index in [2.05, 4.69) is 31.8 Å². The van der Waals surface area contributed by atoms with Gasteiger partial charge in [0.1, 0.15) is 0 Å². The maximum atomic E-state index is 4.11. The van der Waals surface area contributed by atoms with Crippen molar-refractivity contribution in [3.05, 3.63) is 35.7 Å². The Labute approximate surface area is 87.9 Å². The molecule has 14 heavy (non-hydrogen) atoms. The van der Waals surface area contributed by atoms with E-state index in [0.717, 1.165) is 6.42 Å². The number of allylic oxidation sites excluding steroid dienone is 2. The Bertz CT molecular complexity index is 287. The van der Waals surface area contributed by atoms with Gasteiger partial charge in [-0.15, -0.1) is 0 Å². The summed E-state index contributed by atoms with van der Waals surface area (Å²) in [6, 6.07) is 2.04. The highest BCUT2D eigenvalue weighted by atomic mass is 14.6. The standard InChI is InChI=1S/C11H15N.C2H6/c1-4-5-9(2)11-8-12-7-6-10(11)3;1-2/h5-8H,4H2,1-3H3;1-2H3/b9-5-;. The summed E-state index contributed by atoms with van der Waals surface area (Å²) >= 11 is 0. The van der Waals surface area contributed by atoms with E-state index in [1.165, 1.54) is 16.7 Å². The first-order chi connectivity index (χ1) is 6.75. The summed E-state index contributed by atoms with van der Waals surface area (Å²) in [5.74, 6) is 0. The molecule has 0 bridgehead atoms. The number of hydrogen-bond acceptors (Lipinski definition) is 1. The average Bonchev–Trinajstić information content (AvgIpc) is 2.22. The summed E-state index contributed by atoms with van der Waals surface area (Å²) in [6.07, 6.45) is 7.07. The third-order valence-electron chi connectivity index (χ3n) is 1.97. The Hall–Kier alpha value is -1.11. The monoisotopic (exact) mass is 191 g/mol. The van der Waals surface area contributed by atoms with Crippen LogP contribution < -0.4 is 0 Å². The van der Waals surface area contributed by atoms with Gasteiger partial charge < -0.3 is 0 Å². The Morgan fingerprint density at radius 3 is 2.57 bits per heavy atom. The van der Waals surface area contributed by atoms with Gasteiger partial charge in [0.2, 0.25) is 0 Å². The molecule has 1 heterocycles. The van der Waals surface area contributed by atoms with Crippen LogP contribution in [0, 0.1) is 6.92 Å². The molecular weight excluding hydrogens is 170 g/mol. The average molecular weight is 191 g/mol. The van der Waals surface area contributed by atoms with Gasteiger partial charge in [0.25, 0.3) is 0 Å². The van der Waals surface area contributed by atoms with Gasteiger partial charge in [-0.1, -0.05) is 26.8 Å². The quantitative estimate of drug-likeness (QED) is 0.681. The summed E-state index contributed by atoms with van der Waals surface area (Å²) in [4.78, 5) is 4.11. The van der Waals surface area contributed by atoms with E-state index >= 15 is 0 Å². The third kappa shape index (κ3) is 3.73. The fraction of sp³-hybridized carbons (Fsp3) is 0.462. The molecule has 0 aromatic carbocycles. The van der Waals surface area contributed by atoms with E-state index < -0.39 is 0 Å². The van der Waals surface area contributed by atoms with Crippen LogP contribution in [0.15, 0.2) is 24.5 Å². The Morgan fingerprint density at radius 2 is 2.07 bits per heavy atom. The first kappa shape index (κ1) is 12.9. The predicted molar refractivity (Wildman–Crippen MR) is 64.3 cm³/mol. The molecule has 1 aromatic heterocycles. The van der Waals surface area contributed by atoms with Crippen LogP contribution in [0.4, 0.5) is 0 Å². The molecule has 0 N–H and O–H groups in total. The Morgan fingerprint density at radius 1 is 1.43 bits per heavy atom. The lowest BCUT2D eigenvalue weighted by Gasteiger charge is -2.03. The van der Waals surface area contributed by atoms with Gasteiger partial charge >= 0.3 is 0 Å². The summed E-state index contributed by atoms with van der Waals surface area (Å²) < 4.78 is 0. The molecule has 0 aliphatic rings. The molecule has 0 amide bonds. The lowest BCUT2D eigenvalue weighted by Crippen LogP contribution is -1.86. The summed E-state index contributed by atoms with van der Waals surface area (Å²) in [5.41, 5.74) is 3.88. The second kappa shape index (κ2) is 7.31. The van der Waals surface area contributed by atoms with Crippen LogP contribution in [-0.4, -0.2) is 4.98 Å². The third-order valence-corrected chi connectivity index (χ3v) is 1.97. The number of nitrogens with zero attached hydrogens (tertiary/aromatic N) is 1. The second-order valence-corrected chi connectivity index (χ2v) is 2.99. The lowest BCUT2D eigenvalue weighted by molar-refractivity contribution is 1.20. The molecule has 0 aliphatic heterocycles. The first-order valence-electron chi connectivity index (χ1n) is 5.33. The second-order valence-electron chi connectivity index (χ2n) is 2.99. The fourth-order valence-electron chi connectivity index (χ4n) is 1.29. The zero-order valence-electron chi connectivity index (χ0n) is 9.96.